The van der Waals surface area contributed by atoms with Crippen LogP contribution in [0.2, 0.25) is 0 Å². The van der Waals surface area contributed by atoms with Crippen LogP contribution in [0.1, 0.15) is 31.8 Å². The highest BCUT2D eigenvalue weighted by Gasteiger charge is 2.31. The Morgan fingerprint density at radius 3 is 2.74 bits per heavy atom. The zero-order valence-electron chi connectivity index (χ0n) is 18.5. The van der Waals surface area contributed by atoms with Gasteiger partial charge in [-0.2, -0.15) is 0 Å². The van der Waals surface area contributed by atoms with Crippen molar-refractivity contribution in [2.45, 2.75) is 6.92 Å². The topological polar surface area (TPSA) is 76.0 Å². The maximum atomic E-state index is 13.1. The van der Waals surface area contributed by atoms with E-state index in [-0.39, 0.29) is 24.1 Å². The Labute approximate surface area is 194 Å². The fourth-order valence-corrected chi connectivity index (χ4v) is 4.36. The number of Topliss-reactive ketones (excluding diaryl/α,β-unsaturated/α-hetero) is 1. The molecule has 0 spiro atoms. The fourth-order valence-electron chi connectivity index (χ4n) is 4.36. The average Bonchev–Trinajstić information content (AvgIpc) is 3.50. The molecule has 1 aromatic heterocycles. The highest BCUT2D eigenvalue weighted by molar-refractivity contribution is 6.16. The van der Waals surface area contributed by atoms with Gasteiger partial charge in [-0.25, -0.2) is 4.79 Å². The summed E-state index contributed by atoms with van der Waals surface area (Å²) in [6.07, 6.45) is 3.71. The molecule has 0 radical (unpaired) electrons. The van der Waals surface area contributed by atoms with Gasteiger partial charge in [0.25, 0.3) is 0 Å². The number of aryl methyl sites for hydroxylation is 2. The van der Waals surface area contributed by atoms with E-state index in [1.807, 2.05) is 42.1 Å². The summed E-state index contributed by atoms with van der Waals surface area (Å²) in [5.41, 5.74) is 3.41. The second kappa shape index (κ2) is 7.52. The normalized spacial score (nSPS) is 15.0. The summed E-state index contributed by atoms with van der Waals surface area (Å²) in [5, 5.41) is 1.03. The number of carbonyl (C=O) groups excluding carboxylic acids is 2. The Bertz CT molecular complexity index is 1540. The minimum Gasteiger partial charge on any atom is -0.454 e. The number of hydrogen-bond acceptors (Lipinski definition) is 6. The number of fused-ring (bicyclic) bond motifs is 3. The van der Waals surface area contributed by atoms with E-state index in [9.17, 15) is 9.59 Å². The molecule has 4 aromatic rings. The molecule has 0 saturated heterocycles. The SMILES string of the molecule is Cc1cc(OC(=O)c2ccc3c(c2)OCO3)cc2c1C(=O)/C(=C/c1cn(C)c3ccccc13)O2. The van der Waals surface area contributed by atoms with Gasteiger partial charge < -0.3 is 23.5 Å². The van der Waals surface area contributed by atoms with Gasteiger partial charge in [0, 0.05) is 35.8 Å². The number of ketones is 1. The molecule has 7 nitrogen and oxygen atoms in total. The van der Waals surface area contributed by atoms with Crippen LogP contribution in [0.25, 0.3) is 17.0 Å². The molecule has 2 aliphatic heterocycles. The van der Waals surface area contributed by atoms with Crippen LogP contribution >= 0.6 is 0 Å². The Hall–Kier alpha value is -4.52. The molecule has 0 amide bonds. The van der Waals surface area contributed by atoms with Gasteiger partial charge in [0.05, 0.1) is 11.1 Å². The first-order valence-electron chi connectivity index (χ1n) is 10.7. The number of carbonyl (C=O) groups is 2. The summed E-state index contributed by atoms with van der Waals surface area (Å²) in [4.78, 5) is 25.8. The number of aromatic nitrogens is 1. The first-order valence-corrected chi connectivity index (χ1v) is 10.7. The summed E-state index contributed by atoms with van der Waals surface area (Å²) in [6.45, 7) is 1.91. The monoisotopic (exact) mass is 453 g/mol. The molecule has 0 bridgehead atoms. The van der Waals surface area contributed by atoms with Crippen LogP contribution in [-0.4, -0.2) is 23.1 Å². The van der Waals surface area contributed by atoms with Crippen molar-refractivity contribution < 1.29 is 28.5 Å². The maximum absolute atomic E-state index is 13.1. The Balaban J connectivity index is 1.29. The van der Waals surface area contributed by atoms with Gasteiger partial charge in [-0.15, -0.1) is 0 Å². The molecule has 0 unspecified atom stereocenters. The number of nitrogens with zero attached hydrogens (tertiary/aromatic N) is 1. The van der Waals surface area contributed by atoms with Crippen molar-refractivity contribution in [2.24, 2.45) is 7.05 Å². The van der Waals surface area contributed by atoms with E-state index < -0.39 is 5.97 Å². The molecule has 6 rings (SSSR count). The third kappa shape index (κ3) is 3.21. The van der Waals surface area contributed by atoms with E-state index in [0.717, 1.165) is 16.5 Å². The molecule has 7 heteroatoms. The van der Waals surface area contributed by atoms with Gasteiger partial charge >= 0.3 is 5.97 Å². The van der Waals surface area contributed by atoms with Gasteiger partial charge in [0.1, 0.15) is 11.5 Å². The second-order valence-corrected chi connectivity index (χ2v) is 8.22. The van der Waals surface area contributed by atoms with Crippen molar-refractivity contribution in [1.29, 1.82) is 0 Å². The lowest BCUT2D eigenvalue weighted by Gasteiger charge is -2.08. The number of hydrogen-bond donors (Lipinski definition) is 0. The van der Waals surface area contributed by atoms with E-state index in [2.05, 4.69) is 0 Å². The molecule has 0 atom stereocenters. The summed E-state index contributed by atoms with van der Waals surface area (Å²) < 4.78 is 24.1. The van der Waals surface area contributed by atoms with Crippen LogP contribution < -0.4 is 18.9 Å². The summed E-state index contributed by atoms with van der Waals surface area (Å²) in [7, 11) is 1.96. The third-order valence-electron chi connectivity index (χ3n) is 5.98. The average molecular weight is 453 g/mol. The van der Waals surface area contributed by atoms with E-state index in [4.69, 9.17) is 18.9 Å². The molecule has 2 aliphatic rings. The highest BCUT2D eigenvalue weighted by Crippen LogP contribution is 2.39. The number of esters is 1. The quantitative estimate of drug-likeness (QED) is 0.245. The van der Waals surface area contributed by atoms with Gasteiger partial charge in [0.2, 0.25) is 12.6 Å². The molecule has 0 N–H and O–H groups in total. The molecular weight excluding hydrogens is 434 g/mol. The van der Waals surface area contributed by atoms with Gasteiger partial charge in [-0.3, -0.25) is 4.79 Å². The molecule has 34 heavy (non-hydrogen) atoms. The lowest BCUT2D eigenvalue weighted by Crippen LogP contribution is -2.08. The van der Waals surface area contributed by atoms with Crippen molar-refractivity contribution in [3.8, 4) is 23.0 Å². The van der Waals surface area contributed by atoms with E-state index in [0.29, 0.717) is 33.9 Å². The van der Waals surface area contributed by atoms with Crippen LogP contribution in [-0.2, 0) is 7.05 Å². The third-order valence-corrected chi connectivity index (χ3v) is 5.98. The van der Waals surface area contributed by atoms with E-state index in [1.54, 1.807) is 43.3 Å². The smallest absolute Gasteiger partial charge is 0.343 e. The first kappa shape index (κ1) is 20.1. The predicted octanol–water partition coefficient (Wildman–Crippen LogP) is 5.05. The molecule has 168 valence electrons. The Morgan fingerprint density at radius 1 is 1.03 bits per heavy atom. The van der Waals surface area contributed by atoms with Crippen molar-refractivity contribution in [3.05, 3.63) is 88.8 Å². The summed E-state index contributed by atoms with van der Waals surface area (Å²) in [6, 6.07) is 16.0. The van der Waals surface area contributed by atoms with Crippen LogP contribution in [0.5, 0.6) is 23.0 Å². The zero-order valence-corrected chi connectivity index (χ0v) is 18.5. The molecule has 0 fully saturated rings. The van der Waals surface area contributed by atoms with Crippen LogP contribution in [0, 0.1) is 6.92 Å². The maximum Gasteiger partial charge on any atom is 0.343 e. The second-order valence-electron chi connectivity index (χ2n) is 8.22. The van der Waals surface area contributed by atoms with Gasteiger partial charge in [0.15, 0.2) is 17.3 Å². The Kier molecular flexibility index (Phi) is 4.45. The largest absolute Gasteiger partial charge is 0.454 e. The molecule has 3 aromatic carbocycles. The summed E-state index contributed by atoms with van der Waals surface area (Å²) >= 11 is 0. The lowest BCUT2D eigenvalue weighted by atomic mass is 10.0. The van der Waals surface area contributed by atoms with Gasteiger partial charge in [-0.05, 0) is 48.9 Å². The number of rotatable bonds is 3. The molecule has 3 heterocycles. The number of allylic oxidation sites excluding steroid dienone is 1. The number of ether oxygens (including phenoxy) is 4. The Morgan fingerprint density at radius 2 is 1.85 bits per heavy atom. The van der Waals surface area contributed by atoms with Crippen LogP contribution in [0.15, 0.2) is 66.6 Å². The van der Waals surface area contributed by atoms with E-state index >= 15 is 0 Å². The van der Waals surface area contributed by atoms with Gasteiger partial charge in [-0.1, -0.05) is 18.2 Å². The number of benzene rings is 3. The molecule has 0 aliphatic carbocycles. The zero-order chi connectivity index (χ0) is 23.4. The van der Waals surface area contributed by atoms with Crippen molar-refractivity contribution >= 4 is 28.7 Å². The molecular formula is C27H19NO6. The van der Waals surface area contributed by atoms with Crippen LogP contribution in [0.3, 0.4) is 0 Å². The van der Waals surface area contributed by atoms with Crippen molar-refractivity contribution in [1.82, 2.24) is 4.57 Å². The highest BCUT2D eigenvalue weighted by atomic mass is 16.7. The molecule has 0 saturated carbocycles. The predicted molar refractivity (Wildman–Crippen MR) is 125 cm³/mol. The van der Waals surface area contributed by atoms with Crippen molar-refractivity contribution in [2.75, 3.05) is 6.79 Å². The van der Waals surface area contributed by atoms with Crippen molar-refractivity contribution in [3.63, 3.8) is 0 Å². The standard InChI is InChI=1S/C27H19NO6/c1-15-9-18(33-27(30)16-7-8-21-22(10-16)32-14-31-21)12-23-25(15)26(29)24(34-23)11-17-13-28(2)20-6-4-3-5-19(17)20/h3-13H,14H2,1-2H3/b24-11-. The van der Waals surface area contributed by atoms with Crippen LogP contribution in [0.4, 0.5) is 0 Å². The fraction of sp³-hybridized carbons (Fsp3) is 0.111. The summed E-state index contributed by atoms with van der Waals surface area (Å²) in [5.74, 6) is 1.22. The first-order chi connectivity index (χ1) is 16.5. The minimum atomic E-state index is -0.548. The van der Waals surface area contributed by atoms with E-state index in [1.165, 1.54) is 0 Å². The lowest BCUT2D eigenvalue weighted by molar-refractivity contribution is 0.0734. The minimum absolute atomic E-state index is 0.123. The number of para-hydroxylation sites is 1.